The number of nitrogens with zero attached hydrogens (tertiary/aromatic N) is 3. The van der Waals surface area contributed by atoms with Gasteiger partial charge in [-0.25, -0.2) is 9.97 Å². The molecule has 0 atom stereocenters. The summed E-state index contributed by atoms with van der Waals surface area (Å²) in [4.78, 5) is 9.13. The Labute approximate surface area is 139 Å². The standard InChI is InChI=1S/C16H21N7O/c1-24-9-6-12-22-13-14(23(12)8-7-20-16(18)19)10-4-2-3-5-11(10)21-15(13)17/h2-5H,6-9H2,1H3,(H2,17,21)(H4,18,19,20). The van der Waals surface area contributed by atoms with Gasteiger partial charge in [0.25, 0.3) is 0 Å². The topological polar surface area (TPSA) is 128 Å². The lowest BCUT2D eigenvalue weighted by Gasteiger charge is -2.11. The first-order chi connectivity index (χ1) is 11.6. The van der Waals surface area contributed by atoms with Crippen LogP contribution in [0.4, 0.5) is 5.82 Å². The van der Waals surface area contributed by atoms with Crippen molar-refractivity contribution in [1.82, 2.24) is 19.9 Å². The minimum Gasteiger partial charge on any atom is -0.384 e. The summed E-state index contributed by atoms with van der Waals surface area (Å²) >= 11 is 0. The Balaban J connectivity index is 2.16. The highest BCUT2D eigenvalue weighted by atomic mass is 16.5. The van der Waals surface area contributed by atoms with Gasteiger partial charge in [-0.1, -0.05) is 18.2 Å². The van der Waals surface area contributed by atoms with E-state index in [1.807, 2.05) is 24.3 Å². The Kier molecular flexibility index (Phi) is 4.48. The lowest BCUT2D eigenvalue weighted by molar-refractivity contribution is 0.199. The average Bonchev–Trinajstić information content (AvgIpc) is 2.92. The molecular formula is C16H21N7O. The fourth-order valence-corrected chi connectivity index (χ4v) is 2.83. The Morgan fingerprint density at radius 2 is 2.12 bits per heavy atom. The van der Waals surface area contributed by atoms with Crippen molar-refractivity contribution >= 4 is 33.7 Å². The number of nitrogen functional groups attached to an aromatic ring is 1. The van der Waals surface area contributed by atoms with Gasteiger partial charge in [-0.3, -0.25) is 5.41 Å². The number of pyridine rings is 1. The van der Waals surface area contributed by atoms with E-state index < -0.39 is 0 Å². The SMILES string of the molecule is COCCc1nc2c(N)nc3ccccc3c2n1CCNC(=N)N. The van der Waals surface area contributed by atoms with Crippen LogP contribution in [0, 0.1) is 5.41 Å². The van der Waals surface area contributed by atoms with Crippen LogP contribution in [0.25, 0.3) is 21.9 Å². The number of imidazole rings is 1. The number of hydrogen-bond donors (Lipinski definition) is 4. The van der Waals surface area contributed by atoms with E-state index in [1.54, 1.807) is 7.11 Å². The maximum Gasteiger partial charge on any atom is 0.185 e. The Morgan fingerprint density at radius 1 is 1.33 bits per heavy atom. The van der Waals surface area contributed by atoms with Crippen molar-refractivity contribution in [3.8, 4) is 0 Å². The molecule has 0 amide bonds. The zero-order chi connectivity index (χ0) is 17.1. The van der Waals surface area contributed by atoms with Crippen LogP contribution in [0.15, 0.2) is 24.3 Å². The summed E-state index contributed by atoms with van der Waals surface area (Å²) in [6, 6.07) is 7.86. The molecular weight excluding hydrogens is 306 g/mol. The van der Waals surface area contributed by atoms with Gasteiger partial charge in [-0.05, 0) is 6.07 Å². The van der Waals surface area contributed by atoms with E-state index in [9.17, 15) is 0 Å². The summed E-state index contributed by atoms with van der Waals surface area (Å²) in [7, 11) is 1.66. The number of fused-ring (bicyclic) bond motifs is 3. The smallest absolute Gasteiger partial charge is 0.185 e. The minimum atomic E-state index is -0.0519. The lowest BCUT2D eigenvalue weighted by Crippen LogP contribution is -2.33. The van der Waals surface area contributed by atoms with Crippen molar-refractivity contribution in [2.45, 2.75) is 13.0 Å². The van der Waals surface area contributed by atoms with Gasteiger partial charge in [-0.2, -0.15) is 0 Å². The van der Waals surface area contributed by atoms with Crippen LogP contribution in [-0.2, 0) is 17.7 Å². The second-order valence-corrected chi connectivity index (χ2v) is 5.47. The first-order valence-electron chi connectivity index (χ1n) is 7.72. The molecule has 0 bridgehead atoms. The molecule has 1 aromatic carbocycles. The van der Waals surface area contributed by atoms with Gasteiger partial charge < -0.3 is 26.1 Å². The molecule has 0 aliphatic rings. The van der Waals surface area contributed by atoms with Crippen molar-refractivity contribution < 1.29 is 4.74 Å². The van der Waals surface area contributed by atoms with E-state index in [0.29, 0.717) is 37.5 Å². The molecule has 24 heavy (non-hydrogen) atoms. The van der Waals surface area contributed by atoms with Crippen molar-refractivity contribution in [3.05, 3.63) is 30.1 Å². The number of nitrogens with two attached hydrogens (primary N) is 2. The van der Waals surface area contributed by atoms with Crippen LogP contribution in [0.1, 0.15) is 5.82 Å². The highest BCUT2D eigenvalue weighted by Gasteiger charge is 2.16. The maximum absolute atomic E-state index is 7.31. The number of aromatic nitrogens is 3. The third-order valence-electron chi connectivity index (χ3n) is 3.87. The Morgan fingerprint density at radius 3 is 2.88 bits per heavy atom. The number of hydrogen-bond acceptors (Lipinski definition) is 5. The molecule has 0 saturated heterocycles. The van der Waals surface area contributed by atoms with Crippen molar-refractivity contribution in [1.29, 1.82) is 5.41 Å². The molecule has 2 heterocycles. The van der Waals surface area contributed by atoms with Crippen molar-refractivity contribution in [3.63, 3.8) is 0 Å². The van der Waals surface area contributed by atoms with E-state index in [2.05, 4.69) is 19.9 Å². The van der Waals surface area contributed by atoms with Crippen molar-refractivity contribution in [2.24, 2.45) is 5.73 Å². The third-order valence-corrected chi connectivity index (χ3v) is 3.87. The number of benzene rings is 1. The molecule has 6 N–H and O–H groups in total. The van der Waals surface area contributed by atoms with Gasteiger partial charge in [0, 0.05) is 32.0 Å². The molecule has 0 aliphatic heterocycles. The van der Waals surface area contributed by atoms with Gasteiger partial charge >= 0.3 is 0 Å². The molecule has 0 unspecified atom stereocenters. The van der Waals surface area contributed by atoms with Gasteiger partial charge in [-0.15, -0.1) is 0 Å². The first-order valence-corrected chi connectivity index (χ1v) is 7.72. The number of nitrogens with one attached hydrogen (secondary N) is 2. The summed E-state index contributed by atoms with van der Waals surface area (Å²) < 4.78 is 7.29. The van der Waals surface area contributed by atoms with E-state index >= 15 is 0 Å². The highest BCUT2D eigenvalue weighted by Crippen LogP contribution is 2.28. The largest absolute Gasteiger partial charge is 0.384 e. The van der Waals surface area contributed by atoms with E-state index in [0.717, 1.165) is 22.2 Å². The lowest BCUT2D eigenvalue weighted by atomic mass is 10.2. The highest BCUT2D eigenvalue weighted by molar-refractivity contribution is 6.06. The fourth-order valence-electron chi connectivity index (χ4n) is 2.83. The van der Waals surface area contributed by atoms with Gasteiger partial charge in [0.1, 0.15) is 11.3 Å². The number of anilines is 1. The van der Waals surface area contributed by atoms with Crippen molar-refractivity contribution in [2.75, 3.05) is 26.0 Å². The van der Waals surface area contributed by atoms with E-state index in [4.69, 9.17) is 21.6 Å². The first kappa shape index (κ1) is 16.0. The molecule has 0 radical (unpaired) electrons. The Bertz CT molecular complexity index is 887. The summed E-state index contributed by atoms with van der Waals surface area (Å²) in [5.74, 6) is 1.24. The third kappa shape index (κ3) is 2.95. The molecule has 0 spiro atoms. The molecule has 3 aromatic rings. The monoisotopic (exact) mass is 327 g/mol. The predicted molar refractivity (Wildman–Crippen MR) is 94.9 cm³/mol. The number of methoxy groups -OCH3 is 1. The second-order valence-electron chi connectivity index (χ2n) is 5.47. The zero-order valence-corrected chi connectivity index (χ0v) is 13.5. The Hall–Kier alpha value is -2.87. The molecule has 126 valence electrons. The fraction of sp³-hybridized carbons (Fsp3) is 0.312. The molecule has 8 heteroatoms. The van der Waals surface area contributed by atoms with Gasteiger partial charge in [0.2, 0.25) is 0 Å². The molecule has 0 aliphatic carbocycles. The zero-order valence-electron chi connectivity index (χ0n) is 13.5. The second kappa shape index (κ2) is 6.71. The maximum atomic E-state index is 7.31. The van der Waals surface area contributed by atoms with E-state index in [-0.39, 0.29) is 5.96 Å². The summed E-state index contributed by atoms with van der Waals surface area (Å²) in [6.45, 7) is 1.70. The molecule has 0 saturated carbocycles. The van der Waals surface area contributed by atoms with Gasteiger partial charge in [0.05, 0.1) is 17.6 Å². The molecule has 0 fully saturated rings. The van der Waals surface area contributed by atoms with Crippen LogP contribution in [-0.4, -0.2) is 40.8 Å². The number of rotatable bonds is 6. The molecule has 8 nitrogen and oxygen atoms in total. The number of guanidine groups is 1. The normalized spacial score (nSPS) is 11.2. The van der Waals surface area contributed by atoms with Crippen LogP contribution >= 0.6 is 0 Å². The number of ether oxygens (including phenoxy) is 1. The van der Waals surface area contributed by atoms with Crippen LogP contribution < -0.4 is 16.8 Å². The molecule has 2 aromatic heterocycles. The van der Waals surface area contributed by atoms with Crippen LogP contribution in [0.5, 0.6) is 0 Å². The summed E-state index contributed by atoms with van der Waals surface area (Å²) in [6.07, 6.45) is 0.666. The van der Waals surface area contributed by atoms with E-state index in [1.165, 1.54) is 0 Å². The summed E-state index contributed by atoms with van der Waals surface area (Å²) in [5.41, 5.74) is 14.0. The number of para-hydroxylation sites is 1. The van der Waals surface area contributed by atoms with Gasteiger partial charge in [0.15, 0.2) is 11.8 Å². The minimum absolute atomic E-state index is 0.0519. The summed E-state index contributed by atoms with van der Waals surface area (Å²) in [5, 5.41) is 11.1. The average molecular weight is 327 g/mol. The van der Waals surface area contributed by atoms with Crippen LogP contribution in [0.2, 0.25) is 0 Å². The predicted octanol–water partition coefficient (Wildman–Crippen LogP) is 0.839. The quantitative estimate of drug-likeness (QED) is 0.392. The van der Waals surface area contributed by atoms with Crippen LogP contribution in [0.3, 0.4) is 0 Å². The molecule has 3 rings (SSSR count).